The first kappa shape index (κ1) is 20.1. The minimum absolute atomic E-state index is 0.101. The SMILES string of the molecule is CS(=O)(=O)OC[C@H]1CN(c2ccc(OCc3ccccc3)c([N+](=O)[O-])c2)CO1. The third kappa shape index (κ3) is 5.41. The maximum atomic E-state index is 11.5. The zero-order chi connectivity index (χ0) is 20.1. The van der Waals surface area contributed by atoms with E-state index in [0.29, 0.717) is 12.2 Å². The Labute approximate surface area is 162 Å². The maximum Gasteiger partial charge on any atom is 0.312 e. The zero-order valence-corrected chi connectivity index (χ0v) is 16.0. The van der Waals surface area contributed by atoms with Crippen molar-refractivity contribution in [2.75, 3.05) is 31.0 Å². The summed E-state index contributed by atoms with van der Waals surface area (Å²) in [4.78, 5) is 12.7. The molecule has 1 fully saturated rings. The lowest BCUT2D eigenvalue weighted by molar-refractivity contribution is -0.385. The Morgan fingerprint density at radius 2 is 2.00 bits per heavy atom. The monoisotopic (exact) mass is 408 g/mol. The number of nitro groups is 1. The van der Waals surface area contributed by atoms with E-state index in [2.05, 4.69) is 0 Å². The van der Waals surface area contributed by atoms with Gasteiger partial charge >= 0.3 is 5.69 Å². The zero-order valence-electron chi connectivity index (χ0n) is 15.2. The molecule has 0 N–H and O–H groups in total. The van der Waals surface area contributed by atoms with Crippen LogP contribution in [0.1, 0.15) is 5.56 Å². The van der Waals surface area contributed by atoms with Gasteiger partial charge in [-0.2, -0.15) is 8.42 Å². The van der Waals surface area contributed by atoms with E-state index >= 15 is 0 Å². The summed E-state index contributed by atoms with van der Waals surface area (Å²) in [7, 11) is -3.55. The molecule has 0 radical (unpaired) electrons. The summed E-state index contributed by atoms with van der Waals surface area (Å²) in [6.07, 6.45) is 0.528. The number of ether oxygens (including phenoxy) is 2. The molecule has 10 heteroatoms. The van der Waals surface area contributed by atoms with Crippen molar-refractivity contribution in [3.8, 4) is 5.75 Å². The van der Waals surface area contributed by atoms with Crippen LogP contribution < -0.4 is 9.64 Å². The Balaban J connectivity index is 1.68. The molecule has 2 aromatic carbocycles. The van der Waals surface area contributed by atoms with Crippen molar-refractivity contribution in [1.82, 2.24) is 0 Å². The van der Waals surface area contributed by atoms with Crippen molar-refractivity contribution >= 4 is 21.5 Å². The quantitative estimate of drug-likeness (QED) is 0.372. The van der Waals surface area contributed by atoms with Crippen LogP contribution in [0.25, 0.3) is 0 Å². The van der Waals surface area contributed by atoms with Gasteiger partial charge in [-0.25, -0.2) is 0 Å². The van der Waals surface area contributed by atoms with E-state index in [4.69, 9.17) is 13.7 Å². The molecule has 0 unspecified atom stereocenters. The van der Waals surface area contributed by atoms with Crippen molar-refractivity contribution in [1.29, 1.82) is 0 Å². The summed E-state index contributed by atoms with van der Waals surface area (Å²) in [6.45, 7) is 0.657. The van der Waals surface area contributed by atoms with Gasteiger partial charge in [0.25, 0.3) is 10.1 Å². The van der Waals surface area contributed by atoms with Gasteiger partial charge in [-0.15, -0.1) is 0 Å². The largest absolute Gasteiger partial charge is 0.482 e. The molecule has 0 amide bonds. The summed E-state index contributed by atoms with van der Waals surface area (Å²) >= 11 is 0. The summed E-state index contributed by atoms with van der Waals surface area (Å²) in [6, 6.07) is 14.0. The van der Waals surface area contributed by atoms with Crippen molar-refractivity contribution in [3.63, 3.8) is 0 Å². The average Bonchev–Trinajstić information content (AvgIpc) is 3.14. The van der Waals surface area contributed by atoms with E-state index in [0.717, 1.165) is 11.8 Å². The minimum Gasteiger partial charge on any atom is -0.482 e. The van der Waals surface area contributed by atoms with Crippen LogP contribution >= 0.6 is 0 Å². The molecule has 0 saturated carbocycles. The first-order valence-electron chi connectivity index (χ1n) is 8.48. The van der Waals surface area contributed by atoms with E-state index in [9.17, 15) is 18.5 Å². The lowest BCUT2D eigenvalue weighted by Gasteiger charge is -2.17. The van der Waals surface area contributed by atoms with Crippen LogP contribution in [0.2, 0.25) is 0 Å². The highest BCUT2D eigenvalue weighted by molar-refractivity contribution is 7.85. The standard InChI is InChI=1S/C18H20N2O7S/c1-28(23,24)27-12-16-10-19(13-26-16)15-7-8-18(17(9-15)20(21)22)25-11-14-5-3-2-4-6-14/h2-9,16H,10-13H2,1H3/t16-/m1/s1. The number of benzene rings is 2. The Morgan fingerprint density at radius 1 is 1.25 bits per heavy atom. The van der Waals surface area contributed by atoms with E-state index in [1.54, 1.807) is 17.0 Å². The summed E-state index contributed by atoms with van der Waals surface area (Å²) in [5.74, 6) is 0.176. The van der Waals surface area contributed by atoms with Gasteiger partial charge in [-0.05, 0) is 17.7 Å². The van der Waals surface area contributed by atoms with Crippen molar-refractivity contribution < 1.29 is 27.0 Å². The van der Waals surface area contributed by atoms with Crippen LogP contribution in [0.5, 0.6) is 5.75 Å². The molecule has 28 heavy (non-hydrogen) atoms. The number of rotatable bonds is 8. The van der Waals surface area contributed by atoms with Crippen LogP contribution in [0.4, 0.5) is 11.4 Å². The second-order valence-corrected chi connectivity index (χ2v) is 7.96. The maximum absolute atomic E-state index is 11.5. The molecule has 1 atom stereocenters. The molecular weight excluding hydrogens is 388 g/mol. The Morgan fingerprint density at radius 3 is 2.68 bits per heavy atom. The number of hydrogen-bond donors (Lipinski definition) is 0. The highest BCUT2D eigenvalue weighted by Gasteiger charge is 2.27. The van der Waals surface area contributed by atoms with Gasteiger partial charge in [0.15, 0.2) is 5.75 Å². The normalized spacial score (nSPS) is 16.9. The second kappa shape index (κ2) is 8.55. The first-order chi connectivity index (χ1) is 13.3. The predicted molar refractivity (Wildman–Crippen MR) is 102 cm³/mol. The van der Waals surface area contributed by atoms with Gasteiger partial charge in [0.05, 0.1) is 17.8 Å². The molecule has 1 aliphatic heterocycles. The molecule has 1 saturated heterocycles. The average molecular weight is 408 g/mol. The smallest absolute Gasteiger partial charge is 0.312 e. The topological polar surface area (TPSA) is 108 Å². The van der Waals surface area contributed by atoms with Crippen molar-refractivity contribution in [3.05, 3.63) is 64.2 Å². The molecule has 0 spiro atoms. The lowest BCUT2D eigenvalue weighted by Crippen LogP contribution is -2.25. The molecule has 0 aliphatic carbocycles. The molecule has 3 rings (SSSR count). The molecular formula is C18H20N2O7S. The fourth-order valence-corrected chi connectivity index (χ4v) is 3.13. The van der Waals surface area contributed by atoms with Crippen molar-refractivity contribution in [2.24, 2.45) is 0 Å². The third-order valence-corrected chi connectivity index (χ3v) is 4.66. The van der Waals surface area contributed by atoms with Crippen LogP contribution in [0, 0.1) is 10.1 Å². The van der Waals surface area contributed by atoms with Crippen molar-refractivity contribution in [2.45, 2.75) is 12.7 Å². The van der Waals surface area contributed by atoms with Gasteiger partial charge in [0.1, 0.15) is 19.4 Å². The van der Waals surface area contributed by atoms with Gasteiger partial charge in [-0.3, -0.25) is 14.3 Å². The Hall–Kier alpha value is -2.69. The number of hydrogen-bond acceptors (Lipinski definition) is 8. The molecule has 9 nitrogen and oxygen atoms in total. The fourth-order valence-electron chi connectivity index (χ4n) is 2.73. The van der Waals surface area contributed by atoms with E-state index in [1.807, 2.05) is 30.3 Å². The van der Waals surface area contributed by atoms with E-state index in [-0.39, 0.29) is 31.4 Å². The third-order valence-electron chi connectivity index (χ3n) is 4.10. The number of anilines is 1. The summed E-state index contributed by atoms with van der Waals surface area (Å²) in [5.41, 5.74) is 1.34. The molecule has 1 heterocycles. The van der Waals surface area contributed by atoms with Gasteiger partial charge in [0.2, 0.25) is 0 Å². The number of nitro benzene ring substituents is 1. The Bertz CT molecular complexity index is 934. The first-order valence-corrected chi connectivity index (χ1v) is 10.3. The number of nitrogens with zero attached hydrogens (tertiary/aromatic N) is 2. The van der Waals surface area contributed by atoms with Gasteiger partial charge < -0.3 is 14.4 Å². The van der Waals surface area contributed by atoms with Gasteiger partial charge in [-0.1, -0.05) is 30.3 Å². The van der Waals surface area contributed by atoms with Crippen LogP contribution in [0.3, 0.4) is 0 Å². The molecule has 0 bridgehead atoms. The second-order valence-electron chi connectivity index (χ2n) is 6.31. The van der Waals surface area contributed by atoms with Crippen LogP contribution in [-0.4, -0.2) is 45.6 Å². The van der Waals surface area contributed by atoms with Crippen LogP contribution in [-0.2, 0) is 25.6 Å². The van der Waals surface area contributed by atoms with Crippen LogP contribution in [0.15, 0.2) is 48.5 Å². The Kier molecular flexibility index (Phi) is 6.12. The predicted octanol–water partition coefficient (Wildman–Crippen LogP) is 2.31. The lowest BCUT2D eigenvalue weighted by atomic mass is 10.2. The molecule has 150 valence electrons. The highest BCUT2D eigenvalue weighted by Crippen LogP contribution is 2.33. The molecule has 1 aliphatic rings. The van der Waals surface area contributed by atoms with Gasteiger partial charge in [0, 0.05) is 18.3 Å². The highest BCUT2D eigenvalue weighted by atomic mass is 32.2. The fraction of sp³-hybridized carbons (Fsp3) is 0.333. The van der Waals surface area contributed by atoms with E-state index < -0.39 is 21.1 Å². The molecule has 2 aromatic rings. The molecule has 0 aromatic heterocycles. The summed E-state index contributed by atoms with van der Waals surface area (Å²) < 4.78 is 38.0. The van der Waals surface area contributed by atoms with E-state index in [1.165, 1.54) is 6.07 Å². The summed E-state index contributed by atoms with van der Waals surface area (Å²) in [5, 5.41) is 11.5. The minimum atomic E-state index is -3.55.